The molecule has 0 aliphatic carbocycles. The van der Waals surface area contributed by atoms with Gasteiger partial charge in [0.25, 0.3) is 0 Å². The summed E-state index contributed by atoms with van der Waals surface area (Å²) in [6.45, 7) is 0. The van der Waals surface area contributed by atoms with Gasteiger partial charge in [-0.3, -0.25) is 0 Å². The number of hydrogen-bond acceptors (Lipinski definition) is 4. The first kappa shape index (κ1) is 19.2. The molecular weight excluding hydrogens is 376 g/mol. The van der Waals surface area contributed by atoms with Crippen molar-refractivity contribution >= 4 is 12.0 Å². The van der Waals surface area contributed by atoms with E-state index in [1.807, 2.05) is 79.0 Å². The summed E-state index contributed by atoms with van der Waals surface area (Å²) in [6.07, 6.45) is 5.02. The van der Waals surface area contributed by atoms with E-state index in [1.54, 1.807) is 30.0 Å². The number of rotatable bonds is 6. The number of nitrogens with zero attached hydrogens (tertiary/aromatic N) is 2. The fraction of sp³-hybridized carbons (Fsp3) is 0.0400. The summed E-state index contributed by atoms with van der Waals surface area (Å²) in [6, 6.07) is 26.4. The molecule has 1 aromatic heterocycles. The largest absolute Gasteiger partial charge is 0.497 e. The number of carbonyl (C=O) groups excluding carboxylic acids is 1. The highest BCUT2D eigenvalue weighted by atomic mass is 16.5. The second-order valence-corrected chi connectivity index (χ2v) is 6.51. The lowest BCUT2D eigenvalue weighted by Crippen LogP contribution is -2.03. The lowest BCUT2D eigenvalue weighted by atomic mass is 10.1. The molecule has 30 heavy (non-hydrogen) atoms. The van der Waals surface area contributed by atoms with Crippen LogP contribution >= 0.6 is 0 Å². The molecule has 0 aliphatic rings. The molecule has 148 valence electrons. The van der Waals surface area contributed by atoms with Crippen LogP contribution < -0.4 is 9.47 Å². The van der Waals surface area contributed by atoms with Gasteiger partial charge in [0.15, 0.2) is 0 Å². The van der Waals surface area contributed by atoms with Gasteiger partial charge in [-0.15, -0.1) is 0 Å². The van der Waals surface area contributed by atoms with Gasteiger partial charge in [0.05, 0.1) is 18.5 Å². The van der Waals surface area contributed by atoms with Crippen molar-refractivity contribution in [3.05, 3.63) is 103 Å². The molecule has 0 saturated carbocycles. The van der Waals surface area contributed by atoms with Crippen molar-refractivity contribution in [2.75, 3.05) is 7.11 Å². The van der Waals surface area contributed by atoms with Crippen LogP contribution in [0.5, 0.6) is 11.5 Å². The molecule has 4 aromatic rings. The highest BCUT2D eigenvalue weighted by molar-refractivity contribution is 5.90. The number of esters is 1. The van der Waals surface area contributed by atoms with Crippen molar-refractivity contribution in [1.82, 2.24) is 9.78 Å². The fourth-order valence-electron chi connectivity index (χ4n) is 2.99. The van der Waals surface area contributed by atoms with E-state index < -0.39 is 5.97 Å². The third kappa shape index (κ3) is 4.47. The van der Waals surface area contributed by atoms with Crippen molar-refractivity contribution in [2.24, 2.45) is 0 Å². The lowest BCUT2D eigenvalue weighted by molar-refractivity contribution is -0.128. The van der Waals surface area contributed by atoms with Gasteiger partial charge in [0, 0.05) is 23.4 Å². The predicted molar refractivity (Wildman–Crippen MR) is 117 cm³/mol. The molecule has 5 nitrogen and oxygen atoms in total. The van der Waals surface area contributed by atoms with Gasteiger partial charge in [-0.2, -0.15) is 5.10 Å². The first-order valence-electron chi connectivity index (χ1n) is 9.47. The van der Waals surface area contributed by atoms with Gasteiger partial charge in [0.1, 0.15) is 11.5 Å². The van der Waals surface area contributed by atoms with Gasteiger partial charge < -0.3 is 9.47 Å². The van der Waals surface area contributed by atoms with E-state index in [9.17, 15) is 4.79 Å². The minimum atomic E-state index is -0.450. The molecule has 0 saturated heterocycles. The number of carbonyl (C=O) groups is 1. The number of hydrogen-bond donors (Lipinski definition) is 0. The first-order valence-corrected chi connectivity index (χ1v) is 9.47. The van der Waals surface area contributed by atoms with Crippen LogP contribution in [0.15, 0.2) is 97.2 Å². The van der Waals surface area contributed by atoms with E-state index in [1.165, 1.54) is 6.08 Å². The summed E-state index contributed by atoms with van der Waals surface area (Å²) in [5.74, 6) is 0.821. The van der Waals surface area contributed by atoms with Crippen molar-refractivity contribution in [1.29, 1.82) is 0 Å². The van der Waals surface area contributed by atoms with Crippen LogP contribution in [0.3, 0.4) is 0 Å². The number of para-hydroxylation sites is 2. The smallest absolute Gasteiger partial charge is 0.336 e. The topological polar surface area (TPSA) is 53.4 Å². The van der Waals surface area contributed by atoms with Crippen LogP contribution in [0.25, 0.3) is 23.0 Å². The molecule has 0 spiro atoms. The molecule has 0 bridgehead atoms. The molecule has 0 fully saturated rings. The van der Waals surface area contributed by atoms with Crippen LogP contribution in [0, 0.1) is 0 Å². The maximum absolute atomic E-state index is 12.2. The van der Waals surface area contributed by atoms with E-state index in [0.29, 0.717) is 5.75 Å². The standard InChI is InChI=1S/C25H20N2O3/c1-29-22-15-12-19(13-16-22)25-20(18-27(26-25)21-8-4-2-5-9-21)14-17-24(28)30-23-10-6-3-7-11-23/h2-18H,1H3/b17-14+. The Morgan fingerprint density at radius 2 is 1.53 bits per heavy atom. The molecule has 0 radical (unpaired) electrons. The third-order valence-corrected chi connectivity index (χ3v) is 4.49. The average Bonchev–Trinajstić information content (AvgIpc) is 3.23. The van der Waals surface area contributed by atoms with E-state index in [2.05, 4.69) is 0 Å². The van der Waals surface area contributed by atoms with E-state index >= 15 is 0 Å². The van der Waals surface area contributed by atoms with Crippen molar-refractivity contribution in [3.63, 3.8) is 0 Å². The summed E-state index contributed by atoms with van der Waals surface area (Å²) in [4.78, 5) is 12.2. The Hall–Kier alpha value is -4.12. The Morgan fingerprint density at radius 3 is 2.20 bits per heavy atom. The summed E-state index contributed by atoms with van der Waals surface area (Å²) >= 11 is 0. The van der Waals surface area contributed by atoms with Gasteiger partial charge in [0.2, 0.25) is 0 Å². The number of methoxy groups -OCH3 is 1. The maximum Gasteiger partial charge on any atom is 0.336 e. The monoisotopic (exact) mass is 396 g/mol. The number of aromatic nitrogens is 2. The second kappa shape index (κ2) is 8.92. The van der Waals surface area contributed by atoms with Crippen molar-refractivity contribution in [3.8, 4) is 28.4 Å². The minimum absolute atomic E-state index is 0.450. The van der Waals surface area contributed by atoms with Crippen LogP contribution in [0.4, 0.5) is 0 Å². The molecule has 0 aliphatic heterocycles. The Morgan fingerprint density at radius 1 is 0.867 bits per heavy atom. The Balaban J connectivity index is 1.66. The zero-order valence-electron chi connectivity index (χ0n) is 16.4. The van der Waals surface area contributed by atoms with Gasteiger partial charge in [-0.25, -0.2) is 9.48 Å². The minimum Gasteiger partial charge on any atom is -0.497 e. The van der Waals surface area contributed by atoms with Gasteiger partial charge in [-0.05, 0) is 54.6 Å². The summed E-state index contributed by atoms with van der Waals surface area (Å²) in [5, 5.41) is 4.74. The number of ether oxygens (including phenoxy) is 2. The first-order chi connectivity index (χ1) is 14.7. The second-order valence-electron chi connectivity index (χ2n) is 6.51. The molecule has 0 unspecified atom stereocenters. The van der Waals surface area contributed by atoms with Crippen LogP contribution in [-0.2, 0) is 4.79 Å². The van der Waals surface area contributed by atoms with E-state index in [0.717, 1.165) is 28.3 Å². The molecule has 0 amide bonds. The van der Waals surface area contributed by atoms with Crippen LogP contribution in [-0.4, -0.2) is 22.9 Å². The molecule has 0 atom stereocenters. The van der Waals surface area contributed by atoms with Gasteiger partial charge >= 0.3 is 5.97 Å². The predicted octanol–water partition coefficient (Wildman–Crippen LogP) is 5.17. The molecule has 3 aromatic carbocycles. The average molecular weight is 396 g/mol. The fourth-order valence-corrected chi connectivity index (χ4v) is 2.99. The highest BCUT2D eigenvalue weighted by Gasteiger charge is 2.11. The zero-order valence-corrected chi connectivity index (χ0v) is 16.4. The van der Waals surface area contributed by atoms with Gasteiger partial charge in [-0.1, -0.05) is 36.4 Å². The van der Waals surface area contributed by atoms with Crippen LogP contribution in [0.1, 0.15) is 5.56 Å². The summed E-state index contributed by atoms with van der Waals surface area (Å²) < 4.78 is 12.4. The highest BCUT2D eigenvalue weighted by Crippen LogP contribution is 2.26. The molecule has 5 heteroatoms. The maximum atomic E-state index is 12.2. The lowest BCUT2D eigenvalue weighted by Gasteiger charge is -2.03. The molecule has 4 rings (SSSR count). The SMILES string of the molecule is COc1ccc(-c2nn(-c3ccccc3)cc2/C=C/C(=O)Oc2ccccc2)cc1. The van der Waals surface area contributed by atoms with E-state index in [-0.39, 0.29) is 0 Å². The number of benzene rings is 3. The molecular formula is C25H20N2O3. The molecule has 0 N–H and O–H groups in total. The Bertz CT molecular complexity index is 1150. The zero-order chi connectivity index (χ0) is 20.8. The van der Waals surface area contributed by atoms with Crippen LogP contribution in [0.2, 0.25) is 0 Å². The Kier molecular flexibility index (Phi) is 5.71. The Labute approximate surface area is 174 Å². The van der Waals surface area contributed by atoms with Crippen molar-refractivity contribution < 1.29 is 14.3 Å². The summed E-state index contributed by atoms with van der Waals surface area (Å²) in [5.41, 5.74) is 3.40. The summed E-state index contributed by atoms with van der Waals surface area (Å²) in [7, 11) is 1.63. The molecule has 1 heterocycles. The van der Waals surface area contributed by atoms with Crippen molar-refractivity contribution in [2.45, 2.75) is 0 Å². The van der Waals surface area contributed by atoms with E-state index in [4.69, 9.17) is 14.6 Å². The normalized spacial score (nSPS) is 10.8. The third-order valence-electron chi connectivity index (χ3n) is 4.49. The quantitative estimate of drug-likeness (QED) is 0.256.